The summed E-state index contributed by atoms with van der Waals surface area (Å²) in [6.07, 6.45) is 0. The normalized spacial score (nSPS) is 12.1. The van der Waals surface area contributed by atoms with Crippen LogP contribution in [0.2, 0.25) is 0 Å². The summed E-state index contributed by atoms with van der Waals surface area (Å²) in [5.74, 6) is 0.0164. The average molecular weight is 374 g/mol. The Kier molecular flexibility index (Phi) is 7.42. The van der Waals surface area contributed by atoms with Crippen LogP contribution >= 0.6 is 0 Å². The maximum atomic E-state index is 14.3. The minimum absolute atomic E-state index is 0.339. The van der Waals surface area contributed by atoms with Crippen molar-refractivity contribution in [1.82, 2.24) is 0 Å². The molecule has 0 saturated heterocycles. The third kappa shape index (κ3) is 6.65. The van der Waals surface area contributed by atoms with Crippen LogP contribution in [0.3, 0.4) is 0 Å². The molecule has 2 rings (SSSR count). The van der Waals surface area contributed by atoms with Gasteiger partial charge in [0.15, 0.2) is 5.60 Å². The molecule has 0 fully saturated rings. The van der Waals surface area contributed by atoms with Gasteiger partial charge in [-0.1, -0.05) is 36.4 Å². The maximum absolute atomic E-state index is 14.3. The van der Waals surface area contributed by atoms with E-state index in [9.17, 15) is 9.50 Å². The summed E-state index contributed by atoms with van der Waals surface area (Å²) in [5, 5.41) is 10.1. The molecule has 6 heteroatoms. The first-order valence-corrected chi connectivity index (χ1v) is 9.01. The van der Waals surface area contributed by atoms with Crippen molar-refractivity contribution in [2.45, 2.75) is 45.5 Å². The lowest BCUT2D eigenvalue weighted by Gasteiger charge is -2.33. The molecule has 2 N–H and O–H groups in total. The number of rotatable bonds is 10. The van der Waals surface area contributed by atoms with Crippen LogP contribution in [-0.2, 0) is 11.3 Å². The molecule has 0 amide bonds. The molecule has 0 bridgehead atoms. The molecule has 4 nitrogen and oxygen atoms in total. The number of halogens is 1. The molecule has 0 atom stereocenters. The quantitative estimate of drug-likeness (QED) is 0.395. The molecular formula is C21H28BFO4+. The summed E-state index contributed by atoms with van der Waals surface area (Å²) in [5.41, 5.74) is -0.297. The Morgan fingerprint density at radius 2 is 1.74 bits per heavy atom. The lowest BCUT2D eigenvalue weighted by atomic mass is 9.82. The number of aliphatic hydroxyl groups is 2. The van der Waals surface area contributed by atoms with Gasteiger partial charge in [-0.15, -0.1) is 0 Å². The highest BCUT2D eigenvalue weighted by atomic mass is 19.1. The molecule has 145 valence electrons. The van der Waals surface area contributed by atoms with Gasteiger partial charge in [-0.3, -0.25) is 0 Å². The zero-order valence-electron chi connectivity index (χ0n) is 16.4. The first-order chi connectivity index (χ1) is 12.7. The fraction of sp³-hybridized carbons (Fsp3) is 0.429. The second-order valence-corrected chi connectivity index (χ2v) is 7.45. The largest absolute Gasteiger partial charge is 0.627 e. The zero-order valence-corrected chi connectivity index (χ0v) is 16.4. The zero-order chi connectivity index (χ0) is 19.9. The van der Waals surface area contributed by atoms with E-state index in [-0.39, 0.29) is 0 Å². The molecule has 2 aromatic carbocycles. The number of ether oxygens (including phenoxy) is 2. The van der Waals surface area contributed by atoms with Gasteiger partial charge >= 0.3 is 7.48 Å². The predicted molar refractivity (Wildman–Crippen MR) is 106 cm³/mol. The van der Waals surface area contributed by atoms with Crippen LogP contribution in [0.5, 0.6) is 5.75 Å². The Hall–Kier alpha value is -1.89. The van der Waals surface area contributed by atoms with E-state index in [1.807, 2.05) is 30.3 Å². The molecule has 1 radical (unpaired) electrons. The fourth-order valence-electron chi connectivity index (χ4n) is 2.07. The first kappa shape index (κ1) is 21.4. The van der Waals surface area contributed by atoms with E-state index in [0.717, 1.165) is 5.56 Å². The Morgan fingerprint density at radius 3 is 2.37 bits per heavy atom. The second-order valence-electron chi connectivity index (χ2n) is 7.45. The van der Waals surface area contributed by atoms with Crippen LogP contribution < -0.4 is 10.2 Å². The predicted octanol–water partition coefficient (Wildman–Crippen LogP) is 2.74. The molecule has 0 aromatic heterocycles. The monoisotopic (exact) mass is 374 g/mol. The van der Waals surface area contributed by atoms with Gasteiger partial charge in [-0.2, -0.15) is 0 Å². The third-order valence-electron chi connectivity index (χ3n) is 4.60. The van der Waals surface area contributed by atoms with Crippen molar-refractivity contribution in [1.29, 1.82) is 0 Å². The topological polar surface area (TPSA) is 51.5 Å². The van der Waals surface area contributed by atoms with Crippen LogP contribution in [0, 0.1) is 5.82 Å². The summed E-state index contributed by atoms with van der Waals surface area (Å²) < 4.78 is 29.7. The maximum Gasteiger partial charge on any atom is 0.627 e. The van der Waals surface area contributed by atoms with Crippen molar-refractivity contribution < 1.29 is 23.6 Å². The van der Waals surface area contributed by atoms with Crippen molar-refractivity contribution in [3.63, 3.8) is 0 Å². The number of benzene rings is 2. The lowest BCUT2D eigenvalue weighted by Crippen LogP contribution is -2.52. The molecule has 0 aliphatic heterocycles. The van der Waals surface area contributed by atoms with E-state index in [1.54, 1.807) is 39.8 Å². The van der Waals surface area contributed by atoms with Crippen molar-refractivity contribution in [3.8, 4) is 5.75 Å². The summed E-state index contributed by atoms with van der Waals surface area (Å²) in [7, 11) is 1.44. The van der Waals surface area contributed by atoms with Gasteiger partial charge in [0.05, 0.1) is 18.7 Å². The van der Waals surface area contributed by atoms with Gasteiger partial charge in [-0.05, 0) is 25.5 Å². The molecule has 0 unspecified atom stereocenters. The van der Waals surface area contributed by atoms with Crippen LogP contribution in [0.4, 0.5) is 4.39 Å². The average Bonchev–Trinajstić information content (AvgIpc) is 2.60. The van der Waals surface area contributed by atoms with E-state index >= 15 is 0 Å². The minimum Gasteiger partial charge on any atom is -0.530 e. The van der Waals surface area contributed by atoms with E-state index in [0.29, 0.717) is 31.0 Å². The summed E-state index contributed by atoms with van der Waals surface area (Å²) in [6, 6.07) is 14.5. The van der Waals surface area contributed by atoms with Gasteiger partial charge in [0, 0.05) is 19.9 Å². The summed E-state index contributed by atoms with van der Waals surface area (Å²) in [6.45, 7) is 8.23. The number of hydrogen-bond donors (Lipinski definition) is 1. The molecule has 0 aliphatic rings. The van der Waals surface area contributed by atoms with Gasteiger partial charge in [0.2, 0.25) is 0 Å². The molecular weight excluding hydrogens is 346 g/mol. The molecule has 0 heterocycles. The number of hydrogen-bond acceptors (Lipinski definition) is 3. The van der Waals surface area contributed by atoms with Crippen LogP contribution in [0.25, 0.3) is 0 Å². The highest BCUT2D eigenvalue weighted by Crippen LogP contribution is 2.22. The second kappa shape index (κ2) is 9.35. The van der Waals surface area contributed by atoms with Gasteiger partial charge < -0.3 is 19.2 Å². The SMILES string of the molecule is CC(C)(O)C(C)(C)[OH+][B]c1ccc(OCCOCc2ccccc2)cc1F. The van der Waals surface area contributed by atoms with Crippen molar-refractivity contribution in [3.05, 3.63) is 59.9 Å². The van der Waals surface area contributed by atoms with E-state index in [1.165, 1.54) is 13.5 Å². The highest BCUT2D eigenvalue weighted by Gasteiger charge is 2.41. The van der Waals surface area contributed by atoms with Crippen molar-refractivity contribution in [2.75, 3.05) is 13.2 Å². The minimum atomic E-state index is -1.01. The summed E-state index contributed by atoms with van der Waals surface area (Å²) >= 11 is 0. The third-order valence-corrected chi connectivity index (χ3v) is 4.60. The van der Waals surface area contributed by atoms with Crippen LogP contribution in [0.15, 0.2) is 48.5 Å². The van der Waals surface area contributed by atoms with E-state index in [4.69, 9.17) is 9.47 Å². The van der Waals surface area contributed by atoms with Crippen LogP contribution in [-0.4, -0.2) is 41.7 Å². The summed E-state index contributed by atoms with van der Waals surface area (Å²) in [4.78, 5) is 0. The first-order valence-electron chi connectivity index (χ1n) is 9.01. The molecule has 2 aromatic rings. The van der Waals surface area contributed by atoms with Gasteiger partial charge in [-0.25, -0.2) is 4.39 Å². The van der Waals surface area contributed by atoms with Gasteiger partial charge in [0.25, 0.3) is 0 Å². The van der Waals surface area contributed by atoms with Crippen molar-refractivity contribution >= 4 is 12.9 Å². The van der Waals surface area contributed by atoms with E-state index in [2.05, 4.69) is 4.65 Å². The molecule has 0 spiro atoms. The van der Waals surface area contributed by atoms with E-state index < -0.39 is 17.0 Å². The Morgan fingerprint density at radius 1 is 1.04 bits per heavy atom. The molecule has 0 saturated carbocycles. The standard InChI is InChI=1S/C21H28BFO4/c1-20(2,24)21(3,4)27-22-18-11-10-17(14-19(18)23)26-13-12-25-15-16-8-6-5-7-9-16/h5-11,14,24,27H,12-13,15H2,1-4H3/q+1. The fourth-order valence-corrected chi connectivity index (χ4v) is 2.07. The lowest BCUT2D eigenvalue weighted by molar-refractivity contribution is -0.157. The molecule has 0 aliphatic carbocycles. The van der Waals surface area contributed by atoms with Gasteiger partial charge in [0.1, 0.15) is 23.8 Å². The van der Waals surface area contributed by atoms with Crippen molar-refractivity contribution in [2.24, 2.45) is 0 Å². The smallest absolute Gasteiger partial charge is 0.530 e. The van der Waals surface area contributed by atoms with Crippen LogP contribution in [0.1, 0.15) is 33.3 Å². The molecule has 27 heavy (non-hydrogen) atoms. The Bertz CT molecular complexity index is 714. The Labute approximate surface area is 161 Å². The highest BCUT2D eigenvalue weighted by molar-refractivity contribution is 6.46. The Balaban J connectivity index is 1.77.